The van der Waals surface area contributed by atoms with Crippen molar-refractivity contribution in [3.05, 3.63) is 36.4 Å². The van der Waals surface area contributed by atoms with Gasteiger partial charge in [0.15, 0.2) is 0 Å². The molecule has 1 N–H and O–H groups in total. The van der Waals surface area contributed by atoms with Crippen LogP contribution in [-0.4, -0.2) is 37.4 Å². The average Bonchev–Trinajstić information content (AvgIpc) is 2.50. The molecule has 0 aliphatic carbocycles. The quantitative estimate of drug-likeness (QED) is 0.862. The Kier molecular flexibility index (Phi) is 4.47. The number of amides is 1. The first-order valence-electron chi connectivity index (χ1n) is 6.54. The van der Waals surface area contributed by atoms with Crippen molar-refractivity contribution in [3.8, 4) is 5.75 Å². The molecule has 1 aromatic carbocycles. The second-order valence-corrected chi connectivity index (χ2v) is 4.62. The van der Waals surface area contributed by atoms with E-state index in [1.165, 1.54) is 18.1 Å². The van der Waals surface area contributed by atoms with Crippen molar-refractivity contribution in [2.45, 2.75) is 12.3 Å². The van der Waals surface area contributed by atoms with Crippen LogP contribution in [0.3, 0.4) is 0 Å². The standard InChI is InChI=1S/C15H17NO5/c1-3-8-21-15(19)16-7-6-11(14(17)18)12-9-10(20-2)4-5-13(12)16/h3-5,9,11H,1,6-8H2,2H3,(H,17,18). The van der Waals surface area contributed by atoms with E-state index in [0.29, 0.717) is 30.0 Å². The predicted molar refractivity (Wildman–Crippen MR) is 76.9 cm³/mol. The molecule has 6 nitrogen and oxygen atoms in total. The number of carbonyl (C=O) groups is 2. The van der Waals surface area contributed by atoms with Crippen molar-refractivity contribution in [3.63, 3.8) is 0 Å². The second kappa shape index (κ2) is 6.30. The molecule has 0 aromatic heterocycles. The number of ether oxygens (including phenoxy) is 2. The van der Waals surface area contributed by atoms with Gasteiger partial charge in [0.25, 0.3) is 0 Å². The van der Waals surface area contributed by atoms with Crippen LogP contribution in [0.2, 0.25) is 0 Å². The van der Waals surface area contributed by atoms with Gasteiger partial charge < -0.3 is 14.6 Å². The molecular formula is C15H17NO5. The Bertz CT molecular complexity index is 569. The summed E-state index contributed by atoms with van der Waals surface area (Å²) in [4.78, 5) is 24.8. The molecule has 1 unspecified atom stereocenters. The first kappa shape index (κ1) is 14.9. The summed E-state index contributed by atoms with van der Waals surface area (Å²) >= 11 is 0. The van der Waals surface area contributed by atoms with Gasteiger partial charge in [-0.05, 0) is 30.2 Å². The Hall–Kier alpha value is -2.50. The topological polar surface area (TPSA) is 76.1 Å². The largest absolute Gasteiger partial charge is 0.497 e. The van der Waals surface area contributed by atoms with E-state index >= 15 is 0 Å². The zero-order valence-electron chi connectivity index (χ0n) is 11.7. The van der Waals surface area contributed by atoms with Crippen molar-refractivity contribution < 1.29 is 24.2 Å². The molecule has 1 aliphatic rings. The van der Waals surface area contributed by atoms with E-state index in [9.17, 15) is 14.7 Å². The Labute approximate surface area is 122 Å². The third-order valence-corrected chi connectivity index (χ3v) is 3.39. The van der Waals surface area contributed by atoms with Gasteiger partial charge in [-0.3, -0.25) is 9.69 Å². The maximum atomic E-state index is 12.0. The second-order valence-electron chi connectivity index (χ2n) is 4.62. The van der Waals surface area contributed by atoms with Gasteiger partial charge in [-0.1, -0.05) is 12.7 Å². The lowest BCUT2D eigenvalue weighted by Gasteiger charge is -2.32. The number of hydrogen-bond donors (Lipinski definition) is 1. The number of methoxy groups -OCH3 is 1. The van der Waals surface area contributed by atoms with Crippen molar-refractivity contribution in [2.24, 2.45) is 0 Å². The summed E-state index contributed by atoms with van der Waals surface area (Å²) in [5.41, 5.74) is 1.10. The first-order chi connectivity index (χ1) is 10.1. The van der Waals surface area contributed by atoms with Gasteiger partial charge in [-0.2, -0.15) is 0 Å². The number of carboxylic acid groups (broad SMARTS) is 1. The zero-order chi connectivity index (χ0) is 15.4. The number of aliphatic carboxylic acids is 1. The van der Waals surface area contributed by atoms with E-state index in [0.717, 1.165) is 0 Å². The highest BCUT2D eigenvalue weighted by Crippen LogP contribution is 2.38. The highest BCUT2D eigenvalue weighted by atomic mass is 16.6. The van der Waals surface area contributed by atoms with Crippen LogP contribution >= 0.6 is 0 Å². The van der Waals surface area contributed by atoms with Crippen LogP contribution < -0.4 is 9.64 Å². The fourth-order valence-corrected chi connectivity index (χ4v) is 2.37. The number of rotatable bonds is 4. The molecule has 1 heterocycles. The number of anilines is 1. The lowest BCUT2D eigenvalue weighted by atomic mass is 9.90. The monoisotopic (exact) mass is 291 g/mol. The Morgan fingerprint density at radius 1 is 1.52 bits per heavy atom. The number of hydrogen-bond acceptors (Lipinski definition) is 4. The highest BCUT2D eigenvalue weighted by molar-refractivity contribution is 5.92. The Morgan fingerprint density at radius 2 is 2.29 bits per heavy atom. The summed E-state index contributed by atoms with van der Waals surface area (Å²) in [6, 6.07) is 5.02. The molecule has 21 heavy (non-hydrogen) atoms. The van der Waals surface area contributed by atoms with Gasteiger partial charge in [-0.25, -0.2) is 4.79 Å². The van der Waals surface area contributed by atoms with Gasteiger partial charge >= 0.3 is 12.1 Å². The Balaban J connectivity index is 2.38. The van der Waals surface area contributed by atoms with Gasteiger partial charge in [0.2, 0.25) is 0 Å². The van der Waals surface area contributed by atoms with Crippen molar-refractivity contribution in [1.82, 2.24) is 0 Å². The third kappa shape index (κ3) is 2.99. The Morgan fingerprint density at radius 3 is 2.90 bits per heavy atom. The summed E-state index contributed by atoms with van der Waals surface area (Å²) in [6.07, 6.45) is 1.31. The number of benzene rings is 1. The zero-order valence-corrected chi connectivity index (χ0v) is 11.7. The minimum atomic E-state index is -0.913. The molecule has 0 bridgehead atoms. The first-order valence-corrected chi connectivity index (χ1v) is 6.54. The van der Waals surface area contributed by atoms with Gasteiger partial charge in [0.1, 0.15) is 12.4 Å². The van der Waals surface area contributed by atoms with E-state index in [1.807, 2.05) is 0 Å². The fraction of sp³-hybridized carbons (Fsp3) is 0.333. The van der Waals surface area contributed by atoms with Gasteiger partial charge in [0, 0.05) is 6.54 Å². The molecule has 2 rings (SSSR count). The van der Waals surface area contributed by atoms with E-state index < -0.39 is 18.0 Å². The van der Waals surface area contributed by atoms with Crippen molar-refractivity contribution in [1.29, 1.82) is 0 Å². The highest BCUT2D eigenvalue weighted by Gasteiger charge is 2.33. The molecule has 1 amide bonds. The fourth-order valence-electron chi connectivity index (χ4n) is 2.37. The molecule has 1 aromatic rings. The van der Waals surface area contributed by atoms with E-state index in [1.54, 1.807) is 18.2 Å². The molecule has 0 saturated carbocycles. The minimum absolute atomic E-state index is 0.114. The minimum Gasteiger partial charge on any atom is -0.497 e. The molecule has 0 radical (unpaired) electrons. The molecule has 112 valence electrons. The summed E-state index contributed by atoms with van der Waals surface area (Å²) in [5.74, 6) is -1.01. The van der Waals surface area contributed by atoms with Crippen LogP contribution in [0, 0.1) is 0 Å². The maximum absolute atomic E-state index is 12.0. The summed E-state index contributed by atoms with van der Waals surface area (Å²) in [6.45, 7) is 3.90. The average molecular weight is 291 g/mol. The molecular weight excluding hydrogens is 274 g/mol. The smallest absolute Gasteiger partial charge is 0.414 e. The SMILES string of the molecule is C=CCOC(=O)N1CCC(C(=O)O)c2cc(OC)ccc21. The van der Waals surface area contributed by atoms with Crippen LogP contribution in [0.4, 0.5) is 10.5 Å². The van der Waals surface area contributed by atoms with Gasteiger partial charge in [-0.15, -0.1) is 0 Å². The summed E-state index contributed by atoms with van der Waals surface area (Å²) in [7, 11) is 1.51. The van der Waals surface area contributed by atoms with E-state index in [-0.39, 0.29) is 6.61 Å². The summed E-state index contributed by atoms with van der Waals surface area (Å²) in [5, 5.41) is 9.33. The lowest BCUT2D eigenvalue weighted by molar-refractivity contribution is -0.139. The van der Waals surface area contributed by atoms with E-state index in [4.69, 9.17) is 9.47 Å². The van der Waals surface area contributed by atoms with Crippen LogP contribution in [0.15, 0.2) is 30.9 Å². The maximum Gasteiger partial charge on any atom is 0.414 e. The lowest BCUT2D eigenvalue weighted by Crippen LogP contribution is -2.38. The normalized spacial score (nSPS) is 16.8. The molecule has 1 aliphatic heterocycles. The number of carboxylic acids is 1. The van der Waals surface area contributed by atoms with Crippen molar-refractivity contribution in [2.75, 3.05) is 25.2 Å². The predicted octanol–water partition coefficient (Wildman–Crippen LogP) is 2.40. The van der Waals surface area contributed by atoms with E-state index in [2.05, 4.69) is 6.58 Å². The van der Waals surface area contributed by atoms with Crippen LogP contribution in [0.1, 0.15) is 17.9 Å². The molecule has 6 heteroatoms. The molecule has 0 saturated heterocycles. The van der Waals surface area contributed by atoms with Crippen LogP contribution in [0.25, 0.3) is 0 Å². The number of nitrogens with zero attached hydrogens (tertiary/aromatic N) is 1. The number of carbonyl (C=O) groups excluding carboxylic acids is 1. The van der Waals surface area contributed by atoms with Gasteiger partial charge in [0.05, 0.1) is 18.7 Å². The summed E-state index contributed by atoms with van der Waals surface area (Å²) < 4.78 is 10.2. The van der Waals surface area contributed by atoms with Crippen LogP contribution in [0.5, 0.6) is 5.75 Å². The third-order valence-electron chi connectivity index (χ3n) is 3.39. The van der Waals surface area contributed by atoms with Crippen molar-refractivity contribution >= 4 is 17.7 Å². The van der Waals surface area contributed by atoms with Crippen LogP contribution in [-0.2, 0) is 9.53 Å². The molecule has 0 fully saturated rings. The molecule has 1 atom stereocenters. The number of fused-ring (bicyclic) bond motifs is 1. The molecule has 0 spiro atoms.